The number of benzene rings is 2. The van der Waals surface area contributed by atoms with E-state index in [1.54, 1.807) is 6.07 Å². The van der Waals surface area contributed by atoms with Crippen molar-refractivity contribution in [2.45, 2.75) is 25.2 Å². The van der Waals surface area contributed by atoms with Crippen molar-refractivity contribution in [3.63, 3.8) is 0 Å². The molecule has 2 aromatic rings. The Hall–Kier alpha value is -3.13. The molecule has 0 aromatic heterocycles. The Balaban J connectivity index is 1.69. The van der Waals surface area contributed by atoms with Gasteiger partial charge in [-0.2, -0.15) is 0 Å². The SMILES string of the molecule is COc1cc(O)c(C(CC(=O)N2CCC(CO)CC2)c2ccc3c(c2)OCO3)c(OC)c1. The molecule has 0 spiro atoms. The zero-order chi connectivity index (χ0) is 22.7. The van der Waals surface area contributed by atoms with Crippen LogP contribution in [-0.4, -0.2) is 61.7 Å². The fourth-order valence-corrected chi connectivity index (χ4v) is 4.41. The molecule has 4 rings (SSSR count). The van der Waals surface area contributed by atoms with E-state index in [9.17, 15) is 15.0 Å². The number of aliphatic hydroxyl groups is 1. The number of carbonyl (C=O) groups excluding carboxylic acids is 1. The largest absolute Gasteiger partial charge is 0.507 e. The molecule has 1 fully saturated rings. The van der Waals surface area contributed by atoms with E-state index >= 15 is 0 Å². The molecule has 2 aromatic carbocycles. The van der Waals surface area contributed by atoms with E-state index in [0.29, 0.717) is 41.7 Å². The fourth-order valence-electron chi connectivity index (χ4n) is 4.41. The summed E-state index contributed by atoms with van der Waals surface area (Å²) in [6, 6.07) is 8.77. The number of methoxy groups -OCH3 is 2. The number of phenolic OH excluding ortho intramolecular Hbond substituents is 1. The molecule has 8 nitrogen and oxygen atoms in total. The van der Waals surface area contributed by atoms with Crippen molar-refractivity contribution < 1.29 is 34.0 Å². The molecule has 32 heavy (non-hydrogen) atoms. The van der Waals surface area contributed by atoms with Gasteiger partial charge in [-0.05, 0) is 36.5 Å². The van der Waals surface area contributed by atoms with Crippen LogP contribution in [0.1, 0.15) is 36.3 Å². The molecule has 2 aliphatic rings. The number of carbonyl (C=O) groups is 1. The lowest BCUT2D eigenvalue weighted by molar-refractivity contribution is -0.133. The van der Waals surface area contributed by atoms with Crippen LogP contribution in [0, 0.1) is 5.92 Å². The normalized spacial score (nSPS) is 16.7. The van der Waals surface area contributed by atoms with Gasteiger partial charge < -0.3 is 34.1 Å². The van der Waals surface area contributed by atoms with E-state index in [1.165, 1.54) is 20.3 Å². The highest BCUT2D eigenvalue weighted by molar-refractivity contribution is 5.78. The van der Waals surface area contributed by atoms with Gasteiger partial charge in [0.2, 0.25) is 12.7 Å². The lowest BCUT2D eigenvalue weighted by Crippen LogP contribution is -2.39. The molecule has 2 N–H and O–H groups in total. The third-order valence-electron chi connectivity index (χ3n) is 6.30. The number of rotatable bonds is 7. The lowest BCUT2D eigenvalue weighted by atomic mass is 9.86. The molecule has 2 heterocycles. The van der Waals surface area contributed by atoms with Gasteiger partial charge >= 0.3 is 0 Å². The minimum absolute atomic E-state index is 0.00402. The number of hydrogen-bond acceptors (Lipinski definition) is 7. The maximum atomic E-state index is 13.3. The average Bonchev–Trinajstić information content (AvgIpc) is 3.30. The van der Waals surface area contributed by atoms with Gasteiger partial charge in [0.25, 0.3) is 0 Å². The Kier molecular flexibility index (Phi) is 6.60. The minimum Gasteiger partial charge on any atom is -0.507 e. The number of aromatic hydroxyl groups is 1. The summed E-state index contributed by atoms with van der Waals surface area (Å²) in [6.45, 7) is 1.53. The van der Waals surface area contributed by atoms with Crippen molar-refractivity contribution in [3.05, 3.63) is 41.5 Å². The van der Waals surface area contributed by atoms with Gasteiger partial charge in [-0.1, -0.05) is 6.07 Å². The molecule has 0 bridgehead atoms. The summed E-state index contributed by atoms with van der Waals surface area (Å²) in [5.41, 5.74) is 1.33. The molecular formula is C24H29NO7. The lowest BCUT2D eigenvalue weighted by Gasteiger charge is -2.32. The quantitative estimate of drug-likeness (QED) is 0.679. The van der Waals surface area contributed by atoms with Crippen molar-refractivity contribution >= 4 is 5.91 Å². The maximum absolute atomic E-state index is 13.3. The Morgan fingerprint density at radius 2 is 1.88 bits per heavy atom. The summed E-state index contributed by atoms with van der Waals surface area (Å²) in [5, 5.41) is 20.3. The first-order valence-corrected chi connectivity index (χ1v) is 10.8. The molecule has 1 amide bonds. The Bertz CT molecular complexity index is 969. The predicted molar refractivity (Wildman–Crippen MR) is 117 cm³/mol. The molecule has 172 valence electrons. The fraction of sp³-hybridized carbons (Fsp3) is 0.458. The number of aliphatic hydroxyl groups excluding tert-OH is 1. The van der Waals surface area contributed by atoms with Crippen LogP contribution in [0.2, 0.25) is 0 Å². The number of likely N-dealkylation sites (tertiary alicyclic amines) is 1. The topological polar surface area (TPSA) is 97.7 Å². The summed E-state index contributed by atoms with van der Waals surface area (Å²) < 4.78 is 21.8. The second kappa shape index (κ2) is 9.56. The molecule has 1 unspecified atom stereocenters. The molecule has 8 heteroatoms. The van der Waals surface area contributed by atoms with Crippen LogP contribution in [0.5, 0.6) is 28.7 Å². The van der Waals surface area contributed by atoms with Crippen LogP contribution in [-0.2, 0) is 4.79 Å². The summed E-state index contributed by atoms with van der Waals surface area (Å²) >= 11 is 0. The van der Waals surface area contributed by atoms with Gasteiger partial charge in [0, 0.05) is 49.7 Å². The zero-order valence-corrected chi connectivity index (χ0v) is 18.4. The Labute approximate surface area is 187 Å². The average molecular weight is 443 g/mol. The van der Waals surface area contributed by atoms with Crippen LogP contribution < -0.4 is 18.9 Å². The van der Waals surface area contributed by atoms with Gasteiger partial charge in [0.15, 0.2) is 11.5 Å². The van der Waals surface area contributed by atoms with E-state index in [-0.39, 0.29) is 37.4 Å². The predicted octanol–water partition coefficient (Wildman–Crippen LogP) is 2.89. The monoisotopic (exact) mass is 443 g/mol. The van der Waals surface area contributed by atoms with E-state index in [4.69, 9.17) is 18.9 Å². The van der Waals surface area contributed by atoms with Crippen molar-refractivity contribution in [2.75, 3.05) is 40.7 Å². The molecular weight excluding hydrogens is 414 g/mol. The number of hydrogen-bond donors (Lipinski definition) is 2. The third-order valence-corrected chi connectivity index (χ3v) is 6.30. The number of amides is 1. The Morgan fingerprint density at radius 1 is 1.12 bits per heavy atom. The van der Waals surface area contributed by atoms with Gasteiger partial charge in [-0.25, -0.2) is 0 Å². The first-order chi connectivity index (χ1) is 15.5. The highest BCUT2D eigenvalue weighted by atomic mass is 16.7. The van der Waals surface area contributed by atoms with Gasteiger partial charge in [0.05, 0.1) is 14.2 Å². The van der Waals surface area contributed by atoms with E-state index in [2.05, 4.69) is 0 Å². The van der Waals surface area contributed by atoms with E-state index in [0.717, 1.165) is 18.4 Å². The maximum Gasteiger partial charge on any atom is 0.231 e. The standard InChI is InChI=1S/C24H29NO7/c1-29-17-10-19(27)24(22(11-17)30-2)18(16-3-4-20-21(9-16)32-14-31-20)12-23(28)25-7-5-15(13-26)6-8-25/h3-4,9-11,15,18,26-27H,5-8,12-14H2,1-2H3. The first kappa shape index (κ1) is 22.1. The third kappa shape index (κ3) is 4.41. The highest BCUT2D eigenvalue weighted by Crippen LogP contribution is 2.45. The van der Waals surface area contributed by atoms with Crippen LogP contribution in [0.25, 0.3) is 0 Å². The summed E-state index contributed by atoms with van der Waals surface area (Å²) in [6.07, 6.45) is 1.72. The summed E-state index contributed by atoms with van der Waals surface area (Å²) in [4.78, 5) is 15.1. The number of phenols is 1. The Morgan fingerprint density at radius 3 is 2.56 bits per heavy atom. The van der Waals surface area contributed by atoms with E-state index < -0.39 is 5.92 Å². The zero-order valence-electron chi connectivity index (χ0n) is 18.4. The van der Waals surface area contributed by atoms with Crippen molar-refractivity contribution in [1.29, 1.82) is 0 Å². The molecule has 1 atom stereocenters. The smallest absolute Gasteiger partial charge is 0.231 e. The van der Waals surface area contributed by atoms with Crippen LogP contribution in [0.3, 0.4) is 0 Å². The van der Waals surface area contributed by atoms with Gasteiger partial charge in [-0.15, -0.1) is 0 Å². The molecule has 0 aliphatic carbocycles. The summed E-state index contributed by atoms with van der Waals surface area (Å²) in [5.74, 6) is 1.92. The number of fused-ring (bicyclic) bond motifs is 1. The van der Waals surface area contributed by atoms with Crippen LogP contribution in [0.4, 0.5) is 0 Å². The minimum atomic E-state index is -0.464. The highest BCUT2D eigenvalue weighted by Gasteiger charge is 2.30. The first-order valence-electron chi connectivity index (χ1n) is 10.8. The molecule has 1 saturated heterocycles. The number of piperidine rings is 1. The molecule has 0 saturated carbocycles. The molecule has 0 radical (unpaired) electrons. The number of nitrogens with zero attached hydrogens (tertiary/aromatic N) is 1. The van der Waals surface area contributed by atoms with Crippen molar-refractivity contribution in [3.8, 4) is 28.7 Å². The van der Waals surface area contributed by atoms with E-state index in [1.807, 2.05) is 23.1 Å². The summed E-state index contributed by atoms with van der Waals surface area (Å²) in [7, 11) is 3.04. The van der Waals surface area contributed by atoms with Gasteiger partial charge in [-0.3, -0.25) is 4.79 Å². The van der Waals surface area contributed by atoms with Crippen LogP contribution in [0.15, 0.2) is 30.3 Å². The van der Waals surface area contributed by atoms with Crippen LogP contribution >= 0.6 is 0 Å². The number of ether oxygens (including phenoxy) is 4. The molecule has 2 aliphatic heterocycles. The second-order valence-electron chi connectivity index (χ2n) is 8.14. The van der Waals surface area contributed by atoms with Gasteiger partial charge in [0.1, 0.15) is 17.2 Å². The second-order valence-corrected chi connectivity index (χ2v) is 8.14. The van der Waals surface area contributed by atoms with Crippen molar-refractivity contribution in [2.24, 2.45) is 5.92 Å². The van der Waals surface area contributed by atoms with Crippen molar-refractivity contribution in [1.82, 2.24) is 4.90 Å².